The van der Waals surface area contributed by atoms with Gasteiger partial charge in [0.25, 0.3) is 0 Å². The van der Waals surface area contributed by atoms with Gasteiger partial charge in [0.2, 0.25) is 23.8 Å². The topological polar surface area (TPSA) is 258 Å². The van der Waals surface area contributed by atoms with E-state index in [9.17, 15) is 50.8 Å². The zero-order valence-corrected chi connectivity index (χ0v) is 23.3. The first kappa shape index (κ1) is 31.7. The molecule has 9 N–H and O–H groups in total. The van der Waals surface area contributed by atoms with Crippen molar-refractivity contribution in [3.63, 3.8) is 0 Å². The Morgan fingerprint density at radius 3 is 2.11 bits per heavy atom. The molecule has 2 aliphatic rings. The van der Waals surface area contributed by atoms with Crippen LogP contribution in [0.2, 0.25) is 0 Å². The van der Waals surface area contributed by atoms with E-state index in [1.165, 1.54) is 38.3 Å². The van der Waals surface area contributed by atoms with Crippen molar-refractivity contribution >= 4 is 11.0 Å². The first-order chi connectivity index (χ1) is 20.9. The van der Waals surface area contributed by atoms with Crippen LogP contribution in [0.1, 0.15) is 6.92 Å². The summed E-state index contributed by atoms with van der Waals surface area (Å²) < 4.78 is 33.3. The van der Waals surface area contributed by atoms with E-state index in [0.717, 1.165) is 6.07 Å². The summed E-state index contributed by atoms with van der Waals surface area (Å²) in [5, 5.41) is 91.4. The molecule has 2 saturated heterocycles. The molecule has 0 radical (unpaired) electrons. The third-order valence-corrected chi connectivity index (χ3v) is 7.49. The van der Waals surface area contributed by atoms with Gasteiger partial charge in [0.1, 0.15) is 65.2 Å². The Labute approximate surface area is 248 Å². The van der Waals surface area contributed by atoms with Crippen LogP contribution in [-0.4, -0.2) is 121 Å². The van der Waals surface area contributed by atoms with Crippen molar-refractivity contribution in [1.29, 1.82) is 0 Å². The van der Waals surface area contributed by atoms with Crippen molar-refractivity contribution in [2.24, 2.45) is 0 Å². The fourth-order valence-electron chi connectivity index (χ4n) is 4.97. The third-order valence-electron chi connectivity index (χ3n) is 7.49. The molecule has 16 heteroatoms. The minimum atomic E-state index is -1.90. The fourth-order valence-corrected chi connectivity index (χ4v) is 4.97. The number of aliphatic hydroxyl groups is 7. The van der Waals surface area contributed by atoms with Gasteiger partial charge in [-0.05, 0) is 25.1 Å². The molecule has 16 nitrogen and oxygen atoms in total. The summed E-state index contributed by atoms with van der Waals surface area (Å²) in [5.74, 6) is -2.08. The van der Waals surface area contributed by atoms with Crippen molar-refractivity contribution in [2.45, 2.75) is 68.3 Å². The van der Waals surface area contributed by atoms with E-state index >= 15 is 0 Å². The number of phenols is 2. The van der Waals surface area contributed by atoms with Crippen LogP contribution in [0.15, 0.2) is 39.5 Å². The van der Waals surface area contributed by atoms with E-state index in [1.54, 1.807) is 0 Å². The molecule has 5 rings (SSSR count). The number of methoxy groups -OCH3 is 1. The van der Waals surface area contributed by atoms with E-state index in [1.807, 2.05) is 0 Å². The standard InChI is InChI=1S/C28H32O16/c1-9-18(32)21(35)23(37)27(40-9)41-11-6-13(31)17-15(7-11)42-25(10-3-4-12(30)14(5-10)39-2)26(20(17)34)44-28-24(38)22(36)19(33)16(8-29)43-28/h3-7,9,16,18-19,21-24,27-33,35-38H,8H2,1-2H3/t9?,16?,18-,19-,21-,22?,23?,24?,27-,28-/m0/s1. The number of rotatable bonds is 7. The first-order valence-corrected chi connectivity index (χ1v) is 13.4. The second-order valence-electron chi connectivity index (χ2n) is 10.4. The molecule has 1 aromatic heterocycles. The summed E-state index contributed by atoms with van der Waals surface area (Å²) in [5.41, 5.74) is -1.16. The summed E-state index contributed by atoms with van der Waals surface area (Å²) in [6.07, 6.45) is -15.7. The molecular formula is C28H32O16. The van der Waals surface area contributed by atoms with Crippen molar-refractivity contribution < 1.29 is 74.1 Å². The highest BCUT2D eigenvalue weighted by Crippen LogP contribution is 2.40. The molecule has 0 bridgehead atoms. The molecule has 0 aliphatic carbocycles. The van der Waals surface area contributed by atoms with Gasteiger partial charge in [-0.1, -0.05) is 0 Å². The smallest absolute Gasteiger partial charge is 0.239 e. The van der Waals surface area contributed by atoms with Crippen LogP contribution in [-0.2, 0) is 9.47 Å². The maximum atomic E-state index is 13.8. The average Bonchev–Trinajstić information content (AvgIpc) is 3.00. The van der Waals surface area contributed by atoms with Gasteiger partial charge in [-0.2, -0.15) is 0 Å². The molecule has 0 saturated carbocycles. The SMILES string of the molecule is COc1cc(-c2oc3cc(O[C@@H]4OC(C)[C@H](O)[C@H](O)C4O)cc(O)c3c(=O)c2O[C@@H]2OC(CO)[C@H](O)C(O)C2O)ccc1O. The minimum Gasteiger partial charge on any atom is -0.507 e. The number of hydrogen-bond donors (Lipinski definition) is 9. The van der Waals surface area contributed by atoms with E-state index in [0.29, 0.717) is 0 Å². The highest BCUT2D eigenvalue weighted by atomic mass is 16.7. The Hall–Kier alpha value is -3.71. The normalized spacial score (nSPS) is 32.4. The van der Waals surface area contributed by atoms with Crippen LogP contribution < -0.4 is 19.6 Å². The van der Waals surface area contributed by atoms with Crippen molar-refractivity contribution in [2.75, 3.05) is 13.7 Å². The lowest BCUT2D eigenvalue weighted by Crippen LogP contribution is -2.60. The Morgan fingerprint density at radius 1 is 0.795 bits per heavy atom. The van der Waals surface area contributed by atoms with Crippen LogP contribution in [0.4, 0.5) is 0 Å². The van der Waals surface area contributed by atoms with Gasteiger partial charge in [0, 0.05) is 17.7 Å². The second kappa shape index (κ2) is 12.4. The summed E-state index contributed by atoms with van der Waals surface area (Å²) >= 11 is 0. The number of fused-ring (bicyclic) bond motifs is 1. The molecule has 240 valence electrons. The molecule has 44 heavy (non-hydrogen) atoms. The minimum absolute atomic E-state index is 0.0257. The van der Waals surface area contributed by atoms with Gasteiger partial charge in [-0.3, -0.25) is 4.79 Å². The van der Waals surface area contributed by atoms with Gasteiger partial charge in [0.15, 0.2) is 17.3 Å². The van der Waals surface area contributed by atoms with Crippen LogP contribution in [0.3, 0.4) is 0 Å². The lowest BCUT2D eigenvalue weighted by Gasteiger charge is -2.39. The Balaban J connectivity index is 1.62. The van der Waals surface area contributed by atoms with Crippen LogP contribution >= 0.6 is 0 Å². The summed E-state index contributed by atoms with van der Waals surface area (Å²) in [7, 11) is 1.28. The average molecular weight is 625 g/mol. The van der Waals surface area contributed by atoms with Crippen molar-refractivity contribution in [3.8, 4) is 40.1 Å². The number of hydrogen-bond acceptors (Lipinski definition) is 16. The van der Waals surface area contributed by atoms with Crippen molar-refractivity contribution in [1.82, 2.24) is 0 Å². The van der Waals surface area contributed by atoms with Crippen LogP contribution in [0.5, 0.6) is 28.7 Å². The molecule has 3 aromatic rings. The predicted octanol–water partition coefficient (Wildman–Crippen LogP) is -1.74. The molecule has 2 fully saturated rings. The van der Waals surface area contributed by atoms with Gasteiger partial charge in [0.05, 0.1) is 19.8 Å². The molecule has 10 atom stereocenters. The number of ether oxygens (including phenoxy) is 5. The predicted molar refractivity (Wildman–Crippen MR) is 145 cm³/mol. The number of aromatic hydroxyl groups is 2. The van der Waals surface area contributed by atoms with Gasteiger partial charge in [-0.25, -0.2) is 0 Å². The lowest BCUT2D eigenvalue weighted by molar-refractivity contribution is -0.277. The monoisotopic (exact) mass is 624 g/mol. The summed E-state index contributed by atoms with van der Waals surface area (Å²) in [6, 6.07) is 6.03. The molecular weight excluding hydrogens is 592 g/mol. The molecule has 0 amide bonds. The number of phenolic OH excluding ortho intramolecular Hbond substituents is 2. The Morgan fingerprint density at radius 2 is 1.45 bits per heavy atom. The van der Waals surface area contributed by atoms with Crippen LogP contribution in [0.25, 0.3) is 22.3 Å². The molecule has 2 aliphatic heterocycles. The zero-order valence-electron chi connectivity index (χ0n) is 23.3. The quantitative estimate of drug-likeness (QED) is 0.141. The number of benzene rings is 2. The van der Waals surface area contributed by atoms with E-state index in [2.05, 4.69) is 0 Å². The lowest BCUT2D eigenvalue weighted by atomic mass is 9.99. The Bertz CT molecular complexity index is 1550. The third kappa shape index (κ3) is 5.63. The van der Waals surface area contributed by atoms with Crippen molar-refractivity contribution in [3.05, 3.63) is 40.6 Å². The second-order valence-corrected chi connectivity index (χ2v) is 10.4. The highest BCUT2D eigenvalue weighted by Gasteiger charge is 2.46. The summed E-state index contributed by atoms with van der Waals surface area (Å²) in [6.45, 7) is 0.680. The maximum Gasteiger partial charge on any atom is 0.239 e. The van der Waals surface area contributed by atoms with Gasteiger partial charge >= 0.3 is 0 Å². The molecule has 5 unspecified atom stereocenters. The zero-order chi connectivity index (χ0) is 32.0. The largest absolute Gasteiger partial charge is 0.507 e. The fraction of sp³-hybridized carbons (Fsp3) is 0.464. The molecule has 3 heterocycles. The number of aliphatic hydroxyl groups excluding tert-OH is 7. The van der Waals surface area contributed by atoms with Gasteiger partial charge < -0.3 is 74.1 Å². The summed E-state index contributed by atoms with van der Waals surface area (Å²) in [4.78, 5) is 13.8. The Kier molecular flexibility index (Phi) is 8.90. The van der Waals surface area contributed by atoms with E-state index < -0.39 is 90.3 Å². The van der Waals surface area contributed by atoms with E-state index in [4.69, 9.17) is 28.1 Å². The van der Waals surface area contributed by atoms with Gasteiger partial charge in [-0.15, -0.1) is 0 Å². The molecule has 2 aromatic carbocycles. The van der Waals surface area contributed by atoms with Crippen LogP contribution in [0, 0.1) is 0 Å². The maximum absolute atomic E-state index is 13.8. The highest BCUT2D eigenvalue weighted by molar-refractivity contribution is 5.88. The molecule has 0 spiro atoms. The van der Waals surface area contributed by atoms with E-state index in [-0.39, 0.29) is 34.2 Å². The first-order valence-electron chi connectivity index (χ1n) is 13.4.